The van der Waals surface area contributed by atoms with Crippen LogP contribution in [-0.2, 0) is 11.2 Å². The minimum Gasteiger partial charge on any atom is -0.497 e. The Labute approximate surface area is 151 Å². The Morgan fingerprint density at radius 3 is 2.29 bits per heavy atom. The van der Waals surface area contributed by atoms with E-state index in [4.69, 9.17) is 4.74 Å². The predicted octanol–water partition coefficient (Wildman–Crippen LogP) is 3.42. The second kappa shape index (κ2) is 8.85. The molecule has 2 aromatic rings. The maximum atomic E-state index is 12.2. The van der Waals surface area contributed by atoms with Crippen molar-refractivity contribution in [1.82, 2.24) is 10.2 Å². The lowest BCUT2D eigenvalue weighted by Gasteiger charge is -2.25. The molecule has 1 unspecified atom stereocenters. The topological polar surface area (TPSA) is 41.6 Å². The summed E-state index contributed by atoms with van der Waals surface area (Å²) < 4.78 is 6.21. The molecule has 0 saturated heterocycles. The Hall–Kier alpha value is -1.85. The first-order valence-corrected chi connectivity index (χ1v) is 8.60. The zero-order chi connectivity index (χ0) is 17.5. The van der Waals surface area contributed by atoms with E-state index in [1.165, 1.54) is 0 Å². The van der Waals surface area contributed by atoms with Gasteiger partial charge in [-0.2, -0.15) is 0 Å². The van der Waals surface area contributed by atoms with Crippen LogP contribution < -0.4 is 10.1 Å². The molecular formula is C19H23BrN2O2. The van der Waals surface area contributed by atoms with E-state index in [2.05, 4.69) is 26.1 Å². The number of hydrogen-bond donors (Lipinski definition) is 1. The van der Waals surface area contributed by atoms with Gasteiger partial charge in [0, 0.05) is 11.0 Å². The molecule has 4 nitrogen and oxygen atoms in total. The van der Waals surface area contributed by atoms with Gasteiger partial charge in [-0.1, -0.05) is 40.2 Å². The first kappa shape index (κ1) is 18.5. The van der Waals surface area contributed by atoms with Crippen molar-refractivity contribution in [2.75, 3.05) is 27.7 Å². The summed E-state index contributed by atoms with van der Waals surface area (Å²) in [5.41, 5.74) is 2.14. The Bertz CT molecular complexity index is 654. The number of methoxy groups -OCH3 is 1. The third-order valence-corrected chi connectivity index (χ3v) is 4.42. The van der Waals surface area contributed by atoms with Gasteiger partial charge in [-0.05, 0) is 49.5 Å². The number of likely N-dealkylation sites (N-methyl/N-ethyl adjacent to an activating group) is 1. The summed E-state index contributed by atoms with van der Waals surface area (Å²) in [7, 11) is 5.67. The van der Waals surface area contributed by atoms with Crippen LogP contribution >= 0.6 is 15.9 Å². The number of halogens is 1. The van der Waals surface area contributed by atoms with Gasteiger partial charge >= 0.3 is 0 Å². The fourth-order valence-corrected chi connectivity index (χ4v) is 2.75. The molecule has 1 amide bonds. The Morgan fingerprint density at radius 1 is 1.12 bits per heavy atom. The van der Waals surface area contributed by atoms with Crippen LogP contribution in [0.1, 0.15) is 17.2 Å². The molecule has 0 aliphatic carbocycles. The number of carbonyl (C=O) groups is 1. The maximum absolute atomic E-state index is 12.2. The lowest BCUT2D eigenvalue weighted by molar-refractivity contribution is -0.120. The predicted molar refractivity (Wildman–Crippen MR) is 100 cm³/mol. The van der Waals surface area contributed by atoms with Gasteiger partial charge in [0.15, 0.2) is 0 Å². The van der Waals surface area contributed by atoms with E-state index in [1.807, 2.05) is 62.6 Å². The molecular weight excluding hydrogens is 368 g/mol. The van der Waals surface area contributed by atoms with Crippen molar-refractivity contribution in [3.8, 4) is 5.75 Å². The SMILES string of the molecule is COc1ccc(C(CNC(=O)Cc2ccc(Br)cc2)N(C)C)cc1. The number of ether oxygens (including phenoxy) is 1. The summed E-state index contributed by atoms with van der Waals surface area (Å²) >= 11 is 3.40. The normalized spacial score (nSPS) is 12.0. The molecule has 0 aliphatic heterocycles. The molecule has 0 saturated carbocycles. The zero-order valence-electron chi connectivity index (χ0n) is 14.3. The van der Waals surface area contributed by atoms with Crippen LogP contribution in [0.25, 0.3) is 0 Å². The van der Waals surface area contributed by atoms with Crippen LogP contribution in [0.4, 0.5) is 0 Å². The van der Waals surface area contributed by atoms with Crippen LogP contribution in [0.5, 0.6) is 5.75 Å². The molecule has 2 aromatic carbocycles. The molecule has 0 fully saturated rings. The minimum absolute atomic E-state index is 0.0256. The Balaban J connectivity index is 1.95. The molecule has 128 valence electrons. The summed E-state index contributed by atoms with van der Waals surface area (Å²) in [6, 6.07) is 15.9. The second-order valence-electron chi connectivity index (χ2n) is 5.86. The van der Waals surface area contributed by atoms with Crippen molar-refractivity contribution >= 4 is 21.8 Å². The van der Waals surface area contributed by atoms with Crippen LogP contribution in [-0.4, -0.2) is 38.6 Å². The number of amides is 1. The number of hydrogen-bond acceptors (Lipinski definition) is 3. The average molecular weight is 391 g/mol. The zero-order valence-corrected chi connectivity index (χ0v) is 15.8. The highest BCUT2D eigenvalue weighted by Gasteiger charge is 2.15. The van der Waals surface area contributed by atoms with Crippen LogP contribution in [0, 0.1) is 0 Å². The molecule has 0 aromatic heterocycles. The van der Waals surface area contributed by atoms with Gasteiger partial charge in [0.2, 0.25) is 5.91 Å². The van der Waals surface area contributed by atoms with Crippen molar-refractivity contribution in [3.05, 3.63) is 64.1 Å². The molecule has 0 spiro atoms. The highest BCUT2D eigenvalue weighted by molar-refractivity contribution is 9.10. The molecule has 1 atom stereocenters. The smallest absolute Gasteiger partial charge is 0.224 e. The van der Waals surface area contributed by atoms with Crippen LogP contribution in [0.15, 0.2) is 53.0 Å². The third kappa shape index (κ3) is 5.35. The highest BCUT2D eigenvalue weighted by atomic mass is 79.9. The lowest BCUT2D eigenvalue weighted by atomic mass is 10.1. The minimum atomic E-state index is 0.0256. The standard InChI is InChI=1S/C19H23BrN2O2/c1-22(2)18(15-6-10-17(24-3)11-7-15)13-21-19(23)12-14-4-8-16(20)9-5-14/h4-11,18H,12-13H2,1-3H3,(H,21,23). The summed E-state index contributed by atoms with van der Waals surface area (Å²) in [6.45, 7) is 0.564. The van der Waals surface area contributed by atoms with Gasteiger partial charge < -0.3 is 15.0 Å². The summed E-state index contributed by atoms with van der Waals surface area (Å²) in [4.78, 5) is 14.3. The molecule has 1 N–H and O–H groups in total. The quantitative estimate of drug-likeness (QED) is 0.787. The number of nitrogens with one attached hydrogen (secondary N) is 1. The Kier molecular flexibility index (Phi) is 6.82. The van der Waals surface area contributed by atoms with E-state index >= 15 is 0 Å². The molecule has 24 heavy (non-hydrogen) atoms. The largest absolute Gasteiger partial charge is 0.497 e. The Morgan fingerprint density at radius 2 is 1.75 bits per heavy atom. The molecule has 5 heteroatoms. The fourth-order valence-electron chi connectivity index (χ4n) is 2.49. The molecule has 0 aliphatic rings. The van der Waals surface area contributed by atoms with Gasteiger partial charge in [-0.25, -0.2) is 0 Å². The maximum Gasteiger partial charge on any atom is 0.224 e. The summed E-state index contributed by atoms with van der Waals surface area (Å²) in [6.07, 6.45) is 0.385. The number of benzene rings is 2. The molecule has 2 rings (SSSR count). The van der Waals surface area contributed by atoms with E-state index in [-0.39, 0.29) is 11.9 Å². The average Bonchev–Trinajstić information content (AvgIpc) is 2.57. The number of nitrogens with zero attached hydrogens (tertiary/aromatic N) is 1. The van der Waals surface area contributed by atoms with Crippen LogP contribution in [0.2, 0.25) is 0 Å². The molecule has 0 radical (unpaired) electrons. The van der Waals surface area contributed by atoms with Crippen molar-refractivity contribution in [2.24, 2.45) is 0 Å². The second-order valence-corrected chi connectivity index (χ2v) is 6.78. The van der Waals surface area contributed by atoms with Gasteiger partial charge in [0.1, 0.15) is 5.75 Å². The molecule has 0 bridgehead atoms. The monoisotopic (exact) mass is 390 g/mol. The number of carbonyl (C=O) groups excluding carboxylic acids is 1. The van der Waals surface area contributed by atoms with Crippen molar-refractivity contribution < 1.29 is 9.53 Å². The van der Waals surface area contributed by atoms with Crippen molar-refractivity contribution in [3.63, 3.8) is 0 Å². The fraction of sp³-hybridized carbons (Fsp3) is 0.316. The van der Waals surface area contributed by atoms with Gasteiger partial charge in [0.05, 0.1) is 19.6 Å². The van der Waals surface area contributed by atoms with E-state index in [0.717, 1.165) is 21.3 Å². The van der Waals surface area contributed by atoms with E-state index < -0.39 is 0 Å². The summed E-state index contributed by atoms with van der Waals surface area (Å²) in [5, 5.41) is 3.03. The van der Waals surface area contributed by atoms with Crippen LogP contribution in [0.3, 0.4) is 0 Å². The van der Waals surface area contributed by atoms with E-state index in [1.54, 1.807) is 7.11 Å². The van der Waals surface area contributed by atoms with Gasteiger partial charge in [-0.15, -0.1) is 0 Å². The summed E-state index contributed by atoms with van der Waals surface area (Å²) in [5.74, 6) is 0.855. The van der Waals surface area contributed by atoms with Gasteiger partial charge in [0.25, 0.3) is 0 Å². The van der Waals surface area contributed by atoms with E-state index in [0.29, 0.717) is 13.0 Å². The van der Waals surface area contributed by atoms with Crippen molar-refractivity contribution in [2.45, 2.75) is 12.5 Å². The number of rotatable bonds is 7. The third-order valence-electron chi connectivity index (χ3n) is 3.89. The lowest BCUT2D eigenvalue weighted by Crippen LogP contribution is -2.35. The molecule has 0 heterocycles. The first-order chi connectivity index (χ1) is 11.5. The van der Waals surface area contributed by atoms with Gasteiger partial charge in [-0.3, -0.25) is 4.79 Å². The van der Waals surface area contributed by atoms with E-state index in [9.17, 15) is 4.79 Å². The first-order valence-electron chi connectivity index (χ1n) is 7.81. The highest BCUT2D eigenvalue weighted by Crippen LogP contribution is 2.20. The van der Waals surface area contributed by atoms with Crippen molar-refractivity contribution in [1.29, 1.82) is 0 Å².